The van der Waals surface area contributed by atoms with Gasteiger partial charge in [-0.15, -0.1) is 0 Å². The monoisotopic (exact) mass is 612 g/mol. The molecule has 228 valence electrons. The summed E-state index contributed by atoms with van der Waals surface area (Å²) in [6.07, 6.45) is -11.4. The molecule has 2 aromatic rings. The number of benzene rings is 2. The molecule has 0 aliphatic carbocycles. The topological polar surface area (TPSA) is 77.9 Å². The molecular formula is C27H31F7N2O4S. The number of urea groups is 1. The Morgan fingerprint density at radius 1 is 1.05 bits per heavy atom. The van der Waals surface area contributed by atoms with Crippen molar-refractivity contribution in [3.8, 4) is 0 Å². The second-order valence-corrected chi connectivity index (χ2v) is 12.8. The summed E-state index contributed by atoms with van der Waals surface area (Å²) < 4.78 is 120. The number of piperidine rings is 1. The lowest BCUT2D eigenvalue weighted by atomic mass is 9.92. The Morgan fingerprint density at radius 3 is 2.10 bits per heavy atom. The van der Waals surface area contributed by atoms with E-state index >= 15 is 0 Å². The summed E-state index contributed by atoms with van der Waals surface area (Å²) in [5.41, 5.74) is -2.56. The van der Waals surface area contributed by atoms with Gasteiger partial charge in [0.25, 0.3) is 0 Å². The number of hydrogen-bond donors (Lipinski definition) is 1. The van der Waals surface area contributed by atoms with Crippen LogP contribution in [0.4, 0.5) is 35.5 Å². The minimum atomic E-state index is -5.07. The normalized spacial score (nSPS) is 20.0. The van der Waals surface area contributed by atoms with E-state index < -0.39 is 79.9 Å². The zero-order valence-corrected chi connectivity index (χ0v) is 23.5. The number of halogens is 7. The molecule has 2 aromatic carbocycles. The van der Waals surface area contributed by atoms with Crippen LogP contribution in [0.15, 0.2) is 36.4 Å². The Morgan fingerprint density at radius 2 is 1.61 bits per heavy atom. The maximum absolute atomic E-state index is 13.9. The Balaban J connectivity index is 2.00. The van der Waals surface area contributed by atoms with Gasteiger partial charge in [-0.05, 0) is 80.6 Å². The van der Waals surface area contributed by atoms with E-state index in [9.17, 15) is 49.1 Å². The predicted octanol–water partition coefficient (Wildman–Crippen LogP) is 6.29. The van der Waals surface area contributed by atoms with E-state index in [0.29, 0.717) is 23.3 Å². The van der Waals surface area contributed by atoms with E-state index in [2.05, 4.69) is 0 Å². The molecule has 0 aromatic heterocycles. The lowest BCUT2D eigenvalue weighted by Gasteiger charge is -2.43. The molecule has 4 atom stereocenters. The van der Waals surface area contributed by atoms with Crippen LogP contribution in [0.25, 0.3) is 0 Å². The smallest absolute Gasteiger partial charge is 0.392 e. The minimum Gasteiger partial charge on any atom is -0.392 e. The quantitative estimate of drug-likeness (QED) is 0.390. The predicted molar refractivity (Wildman–Crippen MR) is 137 cm³/mol. The first kappa shape index (κ1) is 32.6. The van der Waals surface area contributed by atoms with Crippen LogP contribution in [0.1, 0.15) is 66.6 Å². The van der Waals surface area contributed by atoms with Crippen LogP contribution in [0.2, 0.25) is 0 Å². The molecule has 0 radical (unpaired) electrons. The van der Waals surface area contributed by atoms with Gasteiger partial charge < -0.3 is 14.9 Å². The second kappa shape index (κ2) is 11.8. The van der Waals surface area contributed by atoms with Crippen molar-refractivity contribution in [2.45, 2.75) is 69.4 Å². The van der Waals surface area contributed by atoms with Gasteiger partial charge in [-0.1, -0.05) is 6.07 Å². The fourth-order valence-corrected chi connectivity index (χ4v) is 6.96. The summed E-state index contributed by atoms with van der Waals surface area (Å²) in [7, 11) is -2.57. The van der Waals surface area contributed by atoms with E-state index in [-0.39, 0.29) is 25.5 Å². The molecule has 0 saturated carbocycles. The fourth-order valence-electron chi connectivity index (χ4n) is 5.08. The number of carbonyl (C=O) groups excluding carboxylic acids is 1. The molecule has 1 heterocycles. The first-order chi connectivity index (χ1) is 18.7. The second-order valence-electron chi connectivity index (χ2n) is 10.4. The van der Waals surface area contributed by atoms with Crippen molar-refractivity contribution < 1.29 is 49.1 Å². The molecule has 0 unspecified atom stereocenters. The first-order valence-electron chi connectivity index (χ1n) is 12.7. The standard InChI is InChI=1S/C27H31F7N2O4S/c1-15-9-21(28)5-6-23(15)24-13-22(41(39,40)14-16(2)37)7-8-36(24)25(38)35(4)17(3)18-10-19(26(29,30)31)12-20(11-18)27(32,33)34/h5-6,9-12,16-17,22,24,37H,7-8,13-14H2,1-4H3/t16-,17-,22-,24+/m0/s1. The molecule has 0 spiro atoms. The third-order valence-electron chi connectivity index (χ3n) is 7.35. The Kier molecular flexibility index (Phi) is 9.38. The van der Waals surface area contributed by atoms with E-state index in [1.165, 1.54) is 37.9 Å². The van der Waals surface area contributed by atoms with Gasteiger partial charge >= 0.3 is 18.4 Å². The number of amides is 2. The molecule has 6 nitrogen and oxygen atoms in total. The lowest BCUT2D eigenvalue weighted by Crippen LogP contribution is -2.50. The van der Waals surface area contributed by atoms with Crippen LogP contribution in [0, 0.1) is 12.7 Å². The van der Waals surface area contributed by atoms with Crippen molar-refractivity contribution >= 4 is 15.9 Å². The SMILES string of the molecule is Cc1cc(F)ccc1[C@H]1C[C@@H](S(=O)(=O)C[C@H](C)O)CCN1C(=O)N(C)[C@@H](C)c1cc(C(F)(F)F)cc(C(F)(F)F)c1. The third-order valence-corrected chi connectivity index (χ3v) is 9.74. The number of aryl methyl sites for hydroxylation is 1. The molecule has 1 aliphatic heterocycles. The van der Waals surface area contributed by atoms with Gasteiger partial charge in [-0.2, -0.15) is 26.3 Å². The molecular weight excluding hydrogens is 581 g/mol. The summed E-state index contributed by atoms with van der Waals surface area (Å²) >= 11 is 0. The molecule has 0 bridgehead atoms. The molecule has 1 aliphatic rings. The summed E-state index contributed by atoms with van der Waals surface area (Å²) in [4.78, 5) is 16.0. The highest BCUT2D eigenvalue weighted by Crippen LogP contribution is 2.40. The van der Waals surface area contributed by atoms with E-state index in [4.69, 9.17) is 0 Å². The Bertz CT molecular complexity index is 1340. The summed E-state index contributed by atoms with van der Waals surface area (Å²) in [5, 5.41) is 8.72. The summed E-state index contributed by atoms with van der Waals surface area (Å²) in [5.74, 6) is -1.07. The van der Waals surface area contributed by atoms with Crippen LogP contribution >= 0.6 is 0 Å². The zero-order valence-electron chi connectivity index (χ0n) is 22.7. The molecule has 1 fully saturated rings. The number of aliphatic hydroxyl groups is 1. The number of alkyl halides is 6. The number of carbonyl (C=O) groups is 1. The highest BCUT2D eigenvalue weighted by Gasteiger charge is 2.42. The Hall–Kier alpha value is -2.87. The highest BCUT2D eigenvalue weighted by molar-refractivity contribution is 7.92. The summed E-state index contributed by atoms with van der Waals surface area (Å²) in [6, 6.07) is 1.98. The molecule has 1 N–H and O–H groups in total. The maximum atomic E-state index is 13.9. The summed E-state index contributed by atoms with van der Waals surface area (Å²) in [6.45, 7) is 4.07. The molecule has 1 saturated heterocycles. The van der Waals surface area contributed by atoms with Crippen LogP contribution < -0.4 is 0 Å². The van der Waals surface area contributed by atoms with E-state index in [0.717, 1.165) is 11.0 Å². The molecule has 2 amide bonds. The lowest BCUT2D eigenvalue weighted by molar-refractivity contribution is -0.143. The first-order valence-corrected chi connectivity index (χ1v) is 14.4. The van der Waals surface area contributed by atoms with Crippen molar-refractivity contribution in [2.75, 3.05) is 19.3 Å². The number of likely N-dealkylation sites (tertiary alicyclic amines) is 1. The number of nitrogens with zero attached hydrogens (tertiary/aromatic N) is 2. The Labute approximate surface area is 233 Å². The maximum Gasteiger partial charge on any atom is 0.416 e. The molecule has 3 rings (SSSR count). The van der Waals surface area contributed by atoms with Crippen molar-refractivity contribution in [1.82, 2.24) is 9.80 Å². The zero-order chi connectivity index (χ0) is 31.1. The van der Waals surface area contributed by atoms with Gasteiger partial charge in [-0.25, -0.2) is 17.6 Å². The average molecular weight is 613 g/mol. The van der Waals surface area contributed by atoms with Gasteiger partial charge in [0.1, 0.15) is 5.82 Å². The van der Waals surface area contributed by atoms with Gasteiger partial charge in [0.2, 0.25) is 0 Å². The average Bonchev–Trinajstić information content (AvgIpc) is 2.85. The molecule has 14 heteroatoms. The van der Waals surface area contributed by atoms with Crippen molar-refractivity contribution in [1.29, 1.82) is 0 Å². The van der Waals surface area contributed by atoms with Crippen LogP contribution in [0.5, 0.6) is 0 Å². The van der Waals surface area contributed by atoms with E-state index in [1.54, 1.807) is 6.92 Å². The molecule has 41 heavy (non-hydrogen) atoms. The van der Waals surface area contributed by atoms with Crippen molar-refractivity contribution in [3.05, 3.63) is 70.0 Å². The number of aliphatic hydroxyl groups excluding tert-OH is 1. The van der Waals surface area contributed by atoms with Gasteiger partial charge in [0.05, 0.1) is 40.3 Å². The third kappa shape index (κ3) is 7.51. The van der Waals surface area contributed by atoms with Gasteiger partial charge in [0.15, 0.2) is 9.84 Å². The largest absolute Gasteiger partial charge is 0.416 e. The number of hydrogen-bond acceptors (Lipinski definition) is 4. The van der Waals surface area contributed by atoms with Gasteiger partial charge in [0, 0.05) is 13.6 Å². The van der Waals surface area contributed by atoms with E-state index in [1.807, 2.05) is 0 Å². The van der Waals surface area contributed by atoms with Crippen LogP contribution in [-0.2, 0) is 22.2 Å². The van der Waals surface area contributed by atoms with Crippen LogP contribution in [0.3, 0.4) is 0 Å². The number of sulfone groups is 1. The van der Waals surface area contributed by atoms with Gasteiger partial charge in [-0.3, -0.25) is 0 Å². The van der Waals surface area contributed by atoms with Crippen LogP contribution in [-0.4, -0.2) is 60.1 Å². The van der Waals surface area contributed by atoms with Crippen molar-refractivity contribution in [3.63, 3.8) is 0 Å². The highest BCUT2D eigenvalue weighted by atomic mass is 32.2. The minimum absolute atomic E-state index is 0.00381. The number of rotatable bonds is 6. The fraction of sp³-hybridized carbons (Fsp3) is 0.519. The van der Waals surface area contributed by atoms with Crippen molar-refractivity contribution in [2.24, 2.45) is 0 Å².